The first-order valence-electron chi connectivity index (χ1n) is 7.43. The summed E-state index contributed by atoms with van der Waals surface area (Å²) in [5, 5.41) is 14.0. The van der Waals surface area contributed by atoms with Crippen LogP contribution in [0.2, 0.25) is 0 Å². The Morgan fingerprint density at radius 1 is 1.33 bits per heavy atom. The van der Waals surface area contributed by atoms with Gasteiger partial charge in [0, 0.05) is 18.2 Å². The van der Waals surface area contributed by atoms with E-state index in [-0.39, 0.29) is 11.7 Å². The molecule has 1 atom stereocenters. The van der Waals surface area contributed by atoms with Gasteiger partial charge in [-0.2, -0.15) is 4.39 Å². The summed E-state index contributed by atoms with van der Waals surface area (Å²) in [7, 11) is 0. The van der Waals surface area contributed by atoms with Gasteiger partial charge in [0.05, 0.1) is 4.92 Å². The molecule has 0 spiro atoms. The summed E-state index contributed by atoms with van der Waals surface area (Å²) in [5.74, 6) is -1.55. The summed E-state index contributed by atoms with van der Waals surface area (Å²) in [6.07, 6.45) is 6.36. The van der Waals surface area contributed by atoms with E-state index >= 15 is 0 Å². The molecule has 0 bridgehead atoms. The molecule has 1 N–H and O–H groups in total. The second-order valence-electron chi connectivity index (χ2n) is 5.60. The molecule has 6 heteroatoms. The average Bonchev–Trinajstić information content (AvgIpc) is 2.44. The van der Waals surface area contributed by atoms with Gasteiger partial charge < -0.3 is 5.32 Å². The predicted octanol–water partition coefficient (Wildman–Crippen LogP) is 4.64. The highest BCUT2D eigenvalue weighted by Crippen LogP contribution is 2.34. The van der Waals surface area contributed by atoms with Gasteiger partial charge in [-0.3, -0.25) is 10.1 Å². The van der Waals surface area contributed by atoms with Crippen LogP contribution >= 0.6 is 0 Å². The molecule has 1 aliphatic rings. The molecular weight excluding hydrogens is 278 g/mol. The Kier molecular flexibility index (Phi) is 5.09. The summed E-state index contributed by atoms with van der Waals surface area (Å²) in [4.78, 5) is 10.2. The van der Waals surface area contributed by atoms with E-state index in [1.165, 1.54) is 6.42 Å². The lowest BCUT2D eigenvalue weighted by Gasteiger charge is -2.30. The van der Waals surface area contributed by atoms with Crippen LogP contribution in [0.25, 0.3) is 0 Å². The van der Waals surface area contributed by atoms with E-state index in [1.54, 1.807) is 0 Å². The minimum Gasteiger partial charge on any atom is -0.376 e. The number of nitro benzene ring substituents is 1. The smallest absolute Gasteiger partial charge is 0.327 e. The highest BCUT2D eigenvalue weighted by atomic mass is 19.1. The molecule has 0 amide bonds. The van der Waals surface area contributed by atoms with Crippen LogP contribution in [-0.2, 0) is 0 Å². The van der Waals surface area contributed by atoms with Gasteiger partial charge >= 0.3 is 5.69 Å². The van der Waals surface area contributed by atoms with Crippen molar-refractivity contribution in [3.8, 4) is 0 Å². The highest BCUT2D eigenvalue weighted by Gasteiger charge is 2.27. The Morgan fingerprint density at radius 3 is 2.57 bits per heavy atom. The van der Waals surface area contributed by atoms with Crippen molar-refractivity contribution in [1.82, 2.24) is 0 Å². The number of nitro groups is 1. The number of nitrogens with one attached hydrogen (secondary N) is 1. The van der Waals surface area contributed by atoms with Gasteiger partial charge in [-0.25, -0.2) is 4.39 Å². The molecule has 1 aromatic rings. The van der Waals surface area contributed by atoms with Crippen molar-refractivity contribution in [2.75, 3.05) is 5.32 Å². The van der Waals surface area contributed by atoms with E-state index in [1.807, 2.05) is 6.92 Å². The molecule has 0 aliphatic heterocycles. The Labute approximate surface area is 122 Å². The largest absolute Gasteiger partial charge is 0.376 e. The molecule has 0 heterocycles. The zero-order chi connectivity index (χ0) is 15.4. The molecule has 1 fully saturated rings. The zero-order valence-electron chi connectivity index (χ0n) is 12.1. The monoisotopic (exact) mass is 298 g/mol. The molecule has 1 unspecified atom stereocenters. The SMILES string of the molecule is CCC(Nc1cc(F)cc(F)c1[N+](=O)[O-])C1CCCCC1. The van der Waals surface area contributed by atoms with Gasteiger partial charge in [-0.1, -0.05) is 26.2 Å². The fraction of sp³-hybridized carbons (Fsp3) is 0.600. The summed E-state index contributed by atoms with van der Waals surface area (Å²) in [5.41, 5.74) is -0.736. The van der Waals surface area contributed by atoms with E-state index in [9.17, 15) is 18.9 Å². The number of benzene rings is 1. The van der Waals surface area contributed by atoms with E-state index in [0.29, 0.717) is 12.0 Å². The molecular formula is C15H20F2N2O2. The van der Waals surface area contributed by atoms with E-state index in [4.69, 9.17) is 0 Å². The Bertz CT molecular complexity index is 517. The van der Waals surface area contributed by atoms with Crippen LogP contribution in [0.5, 0.6) is 0 Å². The molecule has 0 saturated heterocycles. The van der Waals surface area contributed by atoms with Crippen molar-refractivity contribution < 1.29 is 13.7 Å². The molecule has 1 aliphatic carbocycles. The number of nitrogens with zero attached hydrogens (tertiary/aromatic N) is 1. The topological polar surface area (TPSA) is 55.2 Å². The third-order valence-corrected chi connectivity index (χ3v) is 4.21. The maximum atomic E-state index is 13.6. The number of anilines is 1. The first-order chi connectivity index (χ1) is 10.0. The van der Waals surface area contributed by atoms with Crippen LogP contribution in [0.3, 0.4) is 0 Å². The van der Waals surface area contributed by atoms with Crippen LogP contribution in [0, 0.1) is 27.7 Å². The van der Waals surface area contributed by atoms with Crippen molar-refractivity contribution in [1.29, 1.82) is 0 Å². The van der Waals surface area contributed by atoms with Gasteiger partial charge in [0.1, 0.15) is 11.5 Å². The number of hydrogen-bond donors (Lipinski definition) is 1. The van der Waals surface area contributed by atoms with Gasteiger partial charge in [0.15, 0.2) is 0 Å². The number of hydrogen-bond acceptors (Lipinski definition) is 3. The number of rotatable bonds is 5. The second-order valence-corrected chi connectivity index (χ2v) is 5.60. The lowest BCUT2D eigenvalue weighted by molar-refractivity contribution is -0.386. The lowest BCUT2D eigenvalue weighted by atomic mass is 9.83. The van der Waals surface area contributed by atoms with Crippen LogP contribution < -0.4 is 5.32 Å². The fourth-order valence-corrected chi connectivity index (χ4v) is 3.15. The van der Waals surface area contributed by atoms with Crippen molar-refractivity contribution in [2.45, 2.75) is 51.5 Å². The van der Waals surface area contributed by atoms with Crippen LogP contribution in [-0.4, -0.2) is 11.0 Å². The van der Waals surface area contributed by atoms with E-state index < -0.39 is 22.2 Å². The van der Waals surface area contributed by atoms with Crippen LogP contribution in [0.15, 0.2) is 12.1 Å². The molecule has 21 heavy (non-hydrogen) atoms. The van der Waals surface area contributed by atoms with Crippen LogP contribution in [0.1, 0.15) is 45.4 Å². The summed E-state index contributed by atoms with van der Waals surface area (Å²) in [6.45, 7) is 1.98. The molecule has 1 saturated carbocycles. The highest BCUT2D eigenvalue weighted by molar-refractivity contribution is 5.62. The van der Waals surface area contributed by atoms with Crippen molar-refractivity contribution in [3.05, 3.63) is 33.9 Å². The first kappa shape index (κ1) is 15.7. The molecule has 0 radical (unpaired) electrons. The maximum Gasteiger partial charge on any atom is 0.327 e. The van der Waals surface area contributed by atoms with Crippen LogP contribution in [0.4, 0.5) is 20.2 Å². The molecule has 2 rings (SSSR count). The Balaban J connectivity index is 2.25. The van der Waals surface area contributed by atoms with E-state index in [0.717, 1.165) is 38.2 Å². The predicted molar refractivity (Wildman–Crippen MR) is 77.3 cm³/mol. The van der Waals surface area contributed by atoms with Gasteiger partial charge in [0.25, 0.3) is 0 Å². The van der Waals surface area contributed by atoms with Gasteiger partial charge in [-0.05, 0) is 25.2 Å². The average molecular weight is 298 g/mol. The van der Waals surface area contributed by atoms with Gasteiger partial charge in [0.2, 0.25) is 5.82 Å². The minimum atomic E-state index is -1.14. The molecule has 1 aromatic carbocycles. The summed E-state index contributed by atoms with van der Waals surface area (Å²) in [6, 6.07) is 1.56. The fourth-order valence-electron chi connectivity index (χ4n) is 3.15. The minimum absolute atomic E-state index is 0.00481. The van der Waals surface area contributed by atoms with Gasteiger partial charge in [-0.15, -0.1) is 0 Å². The third kappa shape index (κ3) is 3.68. The maximum absolute atomic E-state index is 13.6. The van der Waals surface area contributed by atoms with Crippen molar-refractivity contribution in [3.63, 3.8) is 0 Å². The Morgan fingerprint density at radius 2 is 2.00 bits per heavy atom. The first-order valence-corrected chi connectivity index (χ1v) is 7.43. The lowest BCUT2D eigenvalue weighted by Crippen LogP contribution is -2.30. The number of halogens is 2. The summed E-state index contributed by atoms with van der Waals surface area (Å²) >= 11 is 0. The Hall–Kier alpha value is -1.72. The molecule has 116 valence electrons. The van der Waals surface area contributed by atoms with Crippen molar-refractivity contribution in [2.24, 2.45) is 5.92 Å². The molecule has 0 aromatic heterocycles. The second kappa shape index (κ2) is 6.83. The normalized spacial score (nSPS) is 17.5. The summed E-state index contributed by atoms with van der Waals surface area (Å²) < 4.78 is 27.0. The quantitative estimate of drug-likeness (QED) is 0.636. The standard InChI is InChI=1S/C15H20F2N2O2/c1-2-13(10-6-4-3-5-7-10)18-14-9-11(16)8-12(17)15(14)19(20)21/h8-10,13,18H,2-7H2,1H3. The third-order valence-electron chi connectivity index (χ3n) is 4.21. The molecule has 4 nitrogen and oxygen atoms in total. The zero-order valence-corrected chi connectivity index (χ0v) is 12.1. The van der Waals surface area contributed by atoms with E-state index in [2.05, 4.69) is 5.32 Å². The van der Waals surface area contributed by atoms with Crippen molar-refractivity contribution >= 4 is 11.4 Å².